The summed E-state index contributed by atoms with van der Waals surface area (Å²) in [5.74, 6) is 1.25. The molecule has 0 amide bonds. The second-order valence-electron chi connectivity index (χ2n) is 3.84. The molecule has 0 aliphatic rings. The number of halogens is 3. The first-order chi connectivity index (χ1) is 9.17. The van der Waals surface area contributed by atoms with E-state index in [1.165, 1.54) is 12.1 Å². The summed E-state index contributed by atoms with van der Waals surface area (Å²) < 4.78 is 20.7. The Bertz CT molecular complexity index is 576. The van der Waals surface area contributed by atoms with Crippen molar-refractivity contribution >= 4 is 27.5 Å². The quantitative estimate of drug-likeness (QED) is 0.779. The van der Waals surface area contributed by atoms with Crippen molar-refractivity contribution in [3.8, 4) is 11.4 Å². The number of rotatable bonds is 5. The zero-order chi connectivity index (χ0) is 13.8. The van der Waals surface area contributed by atoms with Crippen LogP contribution in [-0.2, 0) is 17.2 Å². The normalized spacial score (nSPS) is 10.9. The summed E-state index contributed by atoms with van der Waals surface area (Å²) in [5, 5.41) is 8.16. The Kier molecular flexibility index (Phi) is 4.90. The van der Waals surface area contributed by atoms with E-state index in [0.29, 0.717) is 29.3 Å². The molecule has 0 saturated carbocycles. The topological polar surface area (TPSA) is 39.9 Å². The van der Waals surface area contributed by atoms with Gasteiger partial charge >= 0.3 is 0 Å². The Balaban J connectivity index is 2.46. The van der Waals surface area contributed by atoms with Crippen molar-refractivity contribution in [2.75, 3.05) is 13.7 Å². The summed E-state index contributed by atoms with van der Waals surface area (Å²) >= 11 is 9.17. The minimum atomic E-state index is -0.309. The molecule has 1 aromatic heterocycles. The van der Waals surface area contributed by atoms with Crippen molar-refractivity contribution in [2.24, 2.45) is 0 Å². The van der Waals surface area contributed by atoms with Crippen molar-refractivity contribution in [3.05, 3.63) is 34.3 Å². The number of hydrogen-bond acceptors (Lipinski definition) is 3. The average Bonchev–Trinajstić information content (AvgIpc) is 2.79. The highest BCUT2D eigenvalue weighted by Crippen LogP contribution is 2.28. The van der Waals surface area contributed by atoms with E-state index in [2.05, 4.69) is 26.1 Å². The molecule has 0 bridgehead atoms. The lowest BCUT2D eigenvalue weighted by Gasteiger charge is -2.09. The maximum atomic E-state index is 13.1. The molecule has 0 fully saturated rings. The second kappa shape index (κ2) is 6.45. The molecular weight excluding hydrogens is 337 g/mol. The molecular formula is C12H12BrClFN3O. The fourth-order valence-electron chi connectivity index (χ4n) is 1.72. The SMILES string of the molecule is COCCn1c(CCl)nnc1-c1ccc(F)cc1Br. The first-order valence-electron chi connectivity index (χ1n) is 5.59. The third kappa shape index (κ3) is 3.13. The molecule has 102 valence electrons. The van der Waals surface area contributed by atoms with Crippen LogP contribution >= 0.6 is 27.5 Å². The molecule has 1 heterocycles. The minimum absolute atomic E-state index is 0.259. The van der Waals surface area contributed by atoms with Gasteiger partial charge in [0.2, 0.25) is 0 Å². The number of benzene rings is 1. The number of aromatic nitrogens is 3. The minimum Gasteiger partial charge on any atom is -0.383 e. The molecule has 0 aliphatic carbocycles. The smallest absolute Gasteiger partial charge is 0.165 e. The van der Waals surface area contributed by atoms with Gasteiger partial charge in [-0.15, -0.1) is 21.8 Å². The van der Waals surface area contributed by atoms with Crippen LogP contribution in [0.2, 0.25) is 0 Å². The van der Waals surface area contributed by atoms with Gasteiger partial charge in [-0.05, 0) is 34.1 Å². The standard InChI is InChI=1S/C12H12BrClFN3O/c1-19-5-4-18-11(7-14)16-17-12(18)9-3-2-8(15)6-10(9)13/h2-3,6H,4-5,7H2,1H3. The fourth-order valence-corrected chi connectivity index (χ4v) is 2.45. The van der Waals surface area contributed by atoms with Crippen LogP contribution in [0.25, 0.3) is 11.4 Å². The van der Waals surface area contributed by atoms with Gasteiger partial charge < -0.3 is 9.30 Å². The molecule has 7 heteroatoms. The third-order valence-electron chi connectivity index (χ3n) is 2.64. The monoisotopic (exact) mass is 347 g/mol. The Labute approximate surface area is 123 Å². The zero-order valence-electron chi connectivity index (χ0n) is 10.2. The lowest BCUT2D eigenvalue weighted by molar-refractivity contribution is 0.187. The van der Waals surface area contributed by atoms with Crippen LogP contribution in [0.4, 0.5) is 4.39 Å². The van der Waals surface area contributed by atoms with E-state index in [4.69, 9.17) is 16.3 Å². The van der Waals surface area contributed by atoms with Crippen LogP contribution in [0.15, 0.2) is 22.7 Å². The highest BCUT2D eigenvalue weighted by atomic mass is 79.9. The van der Waals surface area contributed by atoms with Gasteiger partial charge in [0.15, 0.2) is 5.82 Å². The van der Waals surface area contributed by atoms with Crippen LogP contribution in [0.3, 0.4) is 0 Å². The second-order valence-corrected chi connectivity index (χ2v) is 4.96. The molecule has 0 radical (unpaired) electrons. The lowest BCUT2D eigenvalue weighted by Crippen LogP contribution is -2.09. The summed E-state index contributed by atoms with van der Waals surface area (Å²) in [6, 6.07) is 4.44. The highest BCUT2D eigenvalue weighted by molar-refractivity contribution is 9.10. The summed E-state index contributed by atoms with van der Waals surface area (Å²) in [5.41, 5.74) is 0.765. The molecule has 2 aromatic rings. The molecule has 0 N–H and O–H groups in total. The zero-order valence-corrected chi connectivity index (χ0v) is 12.6. The third-order valence-corrected chi connectivity index (χ3v) is 3.53. The van der Waals surface area contributed by atoms with Gasteiger partial charge in [0.25, 0.3) is 0 Å². The number of hydrogen-bond donors (Lipinski definition) is 0. The molecule has 0 saturated heterocycles. The van der Waals surface area contributed by atoms with E-state index in [1.54, 1.807) is 13.2 Å². The Hall–Kier alpha value is -0.980. The molecule has 0 atom stereocenters. The first-order valence-corrected chi connectivity index (χ1v) is 6.92. The van der Waals surface area contributed by atoms with Crippen LogP contribution in [0.1, 0.15) is 5.82 Å². The predicted octanol–water partition coefficient (Wildman–Crippen LogP) is 3.23. The maximum Gasteiger partial charge on any atom is 0.165 e. The number of nitrogens with zero attached hydrogens (tertiary/aromatic N) is 3. The van der Waals surface area contributed by atoms with Crippen molar-refractivity contribution in [1.29, 1.82) is 0 Å². The largest absolute Gasteiger partial charge is 0.383 e. The Morgan fingerprint density at radius 3 is 2.84 bits per heavy atom. The van der Waals surface area contributed by atoms with Crippen molar-refractivity contribution in [3.63, 3.8) is 0 Å². The van der Waals surface area contributed by atoms with Gasteiger partial charge in [0.05, 0.1) is 12.5 Å². The van der Waals surface area contributed by atoms with Gasteiger partial charge in [-0.2, -0.15) is 0 Å². The van der Waals surface area contributed by atoms with E-state index in [-0.39, 0.29) is 11.7 Å². The lowest BCUT2D eigenvalue weighted by atomic mass is 10.2. The average molecular weight is 349 g/mol. The molecule has 1 aromatic carbocycles. The number of alkyl halides is 1. The molecule has 2 rings (SSSR count). The number of ether oxygens (including phenoxy) is 1. The summed E-state index contributed by atoms with van der Waals surface area (Å²) in [6.07, 6.45) is 0. The number of methoxy groups -OCH3 is 1. The Morgan fingerprint density at radius 1 is 1.42 bits per heavy atom. The van der Waals surface area contributed by atoms with E-state index in [9.17, 15) is 4.39 Å². The van der Waals surface area contributed by atoms with Crippen molar-refractivity contribution in [1.82, 2.24) is 14.8 Å². The summed E-state index contributed by atoms with van der Waals surface area (Å²) in [6.45, 7) is 1.11. The maximum absolute atomic E-state index is 13.1. The fraction of sp³-hybridized carbons (Fsp3) is 0.333. The van der Waals surface area contributed by atoms with Gasteiger partial charge in [-0.25, -0.2) is 4.39 Å². The van der Waals surface area contributed by atoms with E-state index in [0.717, 1.165) is 5.56 Å². The van der Waals surface area contributed by atoms with E-state index < -0.39 is 0 Å². The van der Waals surface area contributed by atoms with E-state index in [1.807, 2.05) is 4.57 Å². The van der Waals surface area contributed by atoms with Crippen LogP contribution < -0.4 is 0 Å². The molecule has 19 heavy (non-hydrogen) atoms. The summed E-state index contributed by atoms with van der Waals surface area (Å²) in [4.78, 5) is 0. The van der Waals surface area contributed by atoms with Gasteiger partial charge in [0.1, 0.15) is 11.6 Å². The van der Waals surface area contributed by atoms with Gasteiger partial charge in [0, 0.05) is 23.7 Å². The van der Waals surface area contributed by atoms with Gasteiger partial charge in [-0.3, -0.25) is 0 Å². The highest BCUT2D eigenvalue weighted by Gasteiger charge is 2.15. The van der Waals surface area contributed by atoms with Crippen LogP contribution in [-0.4, -0.2) is 28.5 Å². The van der Waals surface area contributed by atoms with Crippen molar-refractivity contribution < 1.29 is 9.13 Å². The molecule has 0 aliphatic heterocycles. The van der Waals surface area contributed by atoms with Crippen LogP contribution in [0.5, 0.6) is 0 Å². The predicted molar refractivity (Wildman–Crippen MR) is 74.5 cm³/mol. The van der Waals surface area contributed by atoms with Gasteiger partial charge in [-0.1, -0.05) is 0 Å². The van der Waals surface area contributed by atoms with Crippen molar-refractivity contribution in [2.45, 2.75) is 12.4 Å². The summed E-state index contributed by atoms with van der Waals surface area (Å²) in [7, 11) is 1.62. The molecule has 0 unspecified atom stereocenters. The van der Waals surface area contributed by atoms with E-state index >= 15 is 0 Å². The molecule has 0 spiro atoms. The van der Waals surface area contributed by atoms with Crippen LogP contribution in [0, 0.1) is 5.82 Å². The first kappa shape index (κ1) is 14.4. The molecule has 4 nitrogen and oxygen atoms in total. The Morgan fingerprint density at radius 2 is 2.21 bits per heavy atom.